The van der Waals surface area contributed by atoms with Gasteiger partial charge in [-0.2, -0.15) is 0 Å². The van der Waals surface area contributed by atoms with E-state index in [-0.39, 0.29) is 10.1 Å². The maximum absolute atomic E-state index is 12.2. The molecule has 0 aliphatic rings. The smallest absolute Gasteiger partial charge is 0.271 e. The SMILES string of the molecule is CC(=O)Nc1ccc(Nc2ccc(NS(=O)(=O)c3cccs3)cc2)cc1. The summed E-state index contributed by atoms with van der Waals surface area (Å²) >= 11 is 1.17. The maximum atomic E-state index is 12.2. The van der Waals surface area contributed by atoms with Crippen LogP contribution in [0.4, 0.5) is 22.7 Å². The lowest BCUT2D eigenvalue weighted by atomic mass is 10.2. The van der Waals surface area contributed by atoms with Crippen molar-refractivity contribution >= 4 is 50.0 Å². The molecule has 1 heterocycles. The number of thiophene rings is 1. The number of carbonyl (C=O) groups excluding carboxylic acids is 1. The van der Waals surface area contributed by atoms with Gasteiger partial charge in [-0.1, -0.05) is 6.07 Å². The molecular formula is C18H17N3O3S2. The highest BCUT2D eigenvalue weighted by atomic mass is 32.2. The van der Waals surface area contributed by atoms with Gasteiger partial charge in [0.15, 0.2) is 0 Å². The Bertz CT molecular complexity index is 981. The average Bonchev–Trinajstić information content (AvgIpc) is 3.13. The Kier molecular flexibility index (Phi) is 5.24. The highest BCUT2D eigenvalue weighted by molar-refractivity contribution is 7.94. The first-order chi connectivity index (χ1) is 12.4. The average molecular weight is 387 g/mol. The number of nitrogens with one attached hydrogen (secondary N) is 3. The Morgan fingerprint density at radius 2 is 1.38 bits per heavy atom. The summed E-state index contributed by atoms with van der Waals surface area (Å²) in [7, 11) is -3.54. The van der Waals surface area contributed by atoms with Crippen LogP contribution in [-0.2, 0) is 14.8 Å². The molecule has 0 aliphatic carbocycles. The number of anilines is 4. The van der Waals surface area contributed by atoms with Gasteiger partial charge in [-0.25, -0.2) is 8.42 Å². The molecular weight excluding hydrogens is 370 g/mol. The maximum Gasteiger partial charge on any atom is 0.271 e. The summed E-state index contributed by atoms with van der Waals surface area (Å²) in [5.41, 5.74) is 2.88. The van der Waals surface area contributed by atoms with E-state index in [1.807, 2.05) is 12.1 Å². The second kappa shape index (κ2) is 7.59. The molecule has 134 valence electrons. The van der Waals surface area contributed by atoms with Gasteiger partial charge in [0, 0.05) is 29.7 Å². The number of amides is 1. The van der Waals surface area contributed by atoms with Gasteiger partial charge in [0.05, 0.1) is 0 Å². The predicted molar refractivity (Wildman–Crippen MR) is 106 cm³/mol. The first-order valence-corrected chi connectivity index (χ1v) is 10.1. The monoisotopic (exact) mass is 387 g/mol. The Labute approximate surface area is 155 Å². The number of benzene rings is 2. The summed E-state index contributed by atoms with van der Waals surface area (Å²) < 4.78 is 27.2. The van der Waals surface area contributed by atoms with E-state index in [9.17, 15) is 13.2 Å². The van der Waals surface area contributed by atoms with Crippen molar-refractivity contribution in [1.82, 2.24) is 0 Å². The zero-order valence-electron chi connectivity index (χ0n) is 13.9. The molecule has 0 atom stereocenters. The van der Waals surface area contributed by atoms with Gasteiger partial charge in [-0.05, 0) is 60.0 Å². The molecule has 6 nitrogen and oxygen atoms in total. The van der Waals surface area contributed by atoms with Gasteiger partial charge in [0.25, 0.3) is 10.0 Å². The molecule has 0 radical (unpaired) electrons. The third kappa shape index (κ3) is 4.62. The Hall–Kier alpha value is -2.84. The first-order valence-electron chi connectivity index (χ1n) is 7.73. The predicted octanol–water partition coefficient (Wildman–Crippen LogP) is 4.25. The van der Waals surface area contributed by atoms with Gasteiger partial charge < -0.3 is 10.6 Å². The van der Waals surface area contributed by atoms with Crippen LogP contribution in [0.1, 0.15) is 6.92 Å². The Morgan fingerprint density at radius 3 is 1.88 bits per heavy atom. The van der Waals surface area contributed by atoms with Crippen LogP contribution in [0.5, 0.6) is 0 Å². The minimum atomic E-state index is -3.54. The fourth-order valence-electron chi connectivity index (χ4n) is 2.25. The fourth-order valence-corrected chi connectivity index (χ4v) is 4.30. The fraction of sp³-hybridized carbons (Fsp3) is 0.0556. The molecule has 0 saturated carbocycles. The molecule has 0 saturated heterocycles. The third-order valence-electron chi connectivity index (χ3n) is 3.39. The molecule has 1 aromatic heterocycles. The molecule has 26 heavy (non-hydrogen) atoms. The largest absolute Gasteiger partial charge is 0.356 e. The summed E-state index contributed by atoms with van der Waals surface area (Å²) in [6, 6.07) is 17.5. The number of rotatable bonds is 6. The number of hydrogen-bond acceptors (Lipinski definition) is 5. The summed E-state index contributed by atoms with van der Waals surface area (Å²) in [5.74, 6) is -0.119. The van der Waals surface area contributed by atoms with Crippen LogP contribution >= 0.6 is 11.3 Å². The highest BCUT2D eigenvalue weighted by Gasteiger charge is 2.14. The lowest BCUT2D eigenvalue weighted by molar-refractivity contribution is -0.114. The highest BCUT2D eigenvalue weighted by Crippen LogP contribution is 2.23. The number of sulfonamides is 1. The van der Waals surface area contributed by atoms with Crippen LogP contribution in [0.15, 0.2) is 70.3 Å². The van der Waals surface area contributed by atoms with E-state index in [1.165, 1.54) is 18.3 Å². The normalized spacial score (nSPS) is 11.0. The van der Waals surface area contributed by atoms with Crippen LogP contribution < -0.4 is 15.4 Å². The number of carbonyl (C=O) groups is 1. The van der Waals surface area contributed by atoms with E-state index >= 15 is 0 Å². The van der Waals surface area contributed by atoms with Gasteiger partial charge >= 0.3 is 0 Å². The molecule has 3 aromatic rings. The Balaban J connectivity index is 1.65. The van der Waals surface area contributed by atoms with Crippen molar-refractivity contribution in [2.45, 2.75) is 11.1 Å². The lowest BCUT2D eigenvalue weighted by Gasteiger charge is -2.10. The van der Waals surface area contributed by atoms with Crippen molar-refractivity contribution in [2.24, 2.45) is 0 Å². The molecule has 1 amide bonds. The summed E-state index contributed by atoms with van der Waals surface area (Å²) in [6.07, 6.45) is 0. The minimum Gasteiger partial charge on any atom is -0.356 e. The topological polar surface area (TPSA) is 87.3 Å². The molecule has 3 N–H and O–H groups in total. The van der Waals surface area contributed by atoms with Crippen LogP contribution in [-0.4, -0.2) is 14.3 Å². The molecule has 0 spiro atoms. The van der Waals surface area contributed by atoms with Crippen molar-refractivity contribution in [3.8, 4) is 0 Å². The third-order valence-corrected chi connectivity index (χ3v) is 6.17. The van der Waals surface area contributed by atoms with E-state index in [2.05, 4.69) is 15.4 Å². The van der Waals surface area contributed by atoms with E-state index in [1.54, 1.807) is 53.9 Å². The van der Waals surface area contributed by atoms with Crippen molar-refractivity contribution in [3.05, 3.63) is 66.0 Å². The minimum absolute atomic E-state index is 0.119. The first kappa shape index (κ1) is 18.0. The second-order valence-corrected chi connectivity index (χ2v) is 8.36. The van der Waals surface area contributed by atoms with E-state index < -0.39 is 10.0 Å². The van der Waals surface area contributed by atoms with Gasteiger partial charge in [-0.15, -0.1) is 11.3 Å². The van der Waals surface area contributed by atoms with Gasteiger partial charge in [0.1, 0.15) is 4.21 Å². The van der Waals surface area contributed by atoms with Crippen LogP contribution in [0.3, 0.4) is 0 Å². The standard InChI is InChI=1S/C18H17N3O3S2/c1-13(22)19-14-4-6-15(7-5-14)20-16-8-10-17(11-9-16)21-26(23,24)18-3-2-12-25-18/h2-12,20-21H,1H3,(H,19,22). The second-order valence-electron chi connectivity index (χ2n) is 5.50. The summed E-state index contributed by atoms with van der Waals surface area (Å²) in [6.45, 7) is 1.46. The van der Waals surface area contributed by atoms with Crippen molar-refractivity contribution in [3.63, 3.8) is 0 Å². The van der Waals surface area contributed by atoms with Gasteiger partial charge in [-0.3, -0.25) is 9.52 Å². The molecule has 2 aromatic carbocycles. The van der Waals surface area contributed by atoms with Crippen LogP contribution in [0, 0.1) is 0 Å². The van der Waals surface area contributed by atoms with E-state index in [4.69, 9.17) is 0 Å². The summed E-state index contributed by atoms with van der Waals surface area (Å²) in [5, 5.41) is 7.64. The Morgan fingerprint density at radius 1 is 0.846 bits per heavy atom. The van der Waals surface area contributed by atoms with E-state index in [0.717, 1.165) is 17.1 Å². The molecule has 0 unspecified atom stereocenters. The molecule has 8 heteroatoms. The molecule has 0 fully saturated rings. The number of hydrogen-bond donors (Lipinski definition) is 3. The van der Waals surface area contributed by atoms with E-state index in [0.29, 0.717) is 5.69 Å². The van der Waals surface area contributed by atoms with Crippen molar-refractivity contribution in [2.75, 3.05) is 15.4 Å². The quantitative estimate of drug-likeness (QED) is 0.590. The zero-order valence-corrected chi connectivity index (χ0v) is 15.5. The summed E-state index contributed by atoms with van der Waals surface area (Å²) in [4.78, 5) is 11.0. The van der Waals surface area contributed by atoms with Crippen molar-refractivity contribution < 1.29 is 13.2 Å². The zero-order chi connectivity index (χ0) is 18.6. The van der Waals surface area contributed by atoms with Crippen LogP contribution in [0.2, 0.25) is 0 Å². The molecule has 0 aliphatic heterocycles. The lowest BCUT2D eigenvalue weighted by Crippen LogP contribution is -2.11. The van der Waals surface area contributed by atoms with Crippen molar-refractivity contribution in [1.29, 1.82) is 0 Å². The molecule has 0 bridgehead atoms. The van der Waals surface area contributed by atoms with Crippen LogP contribution in [0.25, 0.3) is 0 Å². The van der Waals surface area contributed by atoms with Gasteiger partial charge in [0.2, 0.25) is 5.91 Å². The molecule has 3 rings (SSSR count).